The molecule has 0 fully saturated rings. The van der Waals surface area contributed by atoms with E-state index in [0.717, 1.165) is 46.1 Å². The lowest BCUT2D eigenvalue weighted by molar-refractivity contribution is 0.607. The lowest BCUT2D eigenvalue weighted by Crippen LogP contribution is -2.10. The van der Waals surface area contributed by atoms with Crippen LogP contribution in [0.2, 0.25) is 0 Å². The second kappa shape index (κ2) is 6.44. The van der Waals surface area contributed by atoms with Gasteiger partial charge < -0.3 is 0 Å². The lowest BCUT2D eigenvalue weighted by Gasteiger charge is -2.12. The molecule has 0 amide bonds. The molecule has 0 bridgehead atoms. The largest absolute Gasteiger partial charge is 0.283 e. The summed E-state index contributed by atoms with van der Waals surface area (Å²) in [6.45, 7) is 5.96. The minimum atomic E-state index is -3.32. The third-order valence-corrected chi connectivity index (χ3v) is 4.74. The molecule has 0 aliphatic carbocycles. The van der Waals surface area contributed by atoms with Gasteiger partial charge in [0.05, 0.1) is 28.8 Å². The van der Waals surface area contributed by atoms with Crippen molar-refractivity contribution in [3.05, 3.63) is 53.2 Å². The fourth-order valence-electron chi connectivity index (χ4n) is 2.77. The van der Waals surface area contributed by atoms with Gasteiger partial charge in [-0.15, -0.1) is 0 Å². The van der Waals surface area contributed by atoms with Crippen molar-refractivity contribution in [2.75, 3.05) is 11.0 Å². The molecule has 0 atom stereocenters. The van der Waals surface area contributed by atoms with Crippen LogP contribution in [0.15, 0.2) is 36.5 Å². The highest BCUT2D eigenvalue weighted by molar-refractivity contribution is 7.92. The van der Waals surface area contributed by atoms with Gasteiger partial charge in [-0.05, 0) is 61.2 Å². The summed E-state index contributed by atoms with van der Waals surface area (Å²) >= 11 is 0. The van der Waals surface area contributed by atoms with Crippen LogP contribution in [0.4, 0.5) is 5.69 Å². The molecule has 0 saturated heterocycles. The number of anilines is 1. The number of pyridine rings is 2. The molecule has 3 aromatic rings. The van der Waals surface area contributed by atoms with Crippen LogP contribution in [-0.2, 0) is 16.4 Å². The van der Waals surface area contributed by atoms with Gasteiger partial charge in [0.25, 0.3) is 0 Å². The molecule has 1 aromatic carbocycles. The average molecular weight is 355 g/mol. The van der Waals surface area contributed by atoms with Crippen LogP contribution < -0.4 is 4.72 Å². The van der Waals surface area contributed by atoms with E-state index in [4.69, 9.17) is 4.98 Å². The second-order valence-electron chi connectivity index (χ2n) is 6.29. The Morgan fingerprint density at radius 2 is 1.80 bits per heavy atom. The van der Waals surface area contributed by atoms with Gasteiger partial charge in [-0.2, -0.15) is 0 Å². The quantitative estimate of drug-likeness (QED) is 0.771. The SMILES string of the molecule is CCc1ccc(-c2cc(C)c3cc(NS(C)(=O)=O)c(C)cc3n2)nc1. The Morgan fingerprint density at radius 3 is 2.40 bits per heavy atom. The molecule has 3 rings (SSSR count). The summed E-state index contributed by atoms with van der Waals surface area (Å²) in [5.41, 5.74) is 6.10. The van der Waals surface area contributed by atoms with Gasteiger partial charge in [0, 0.05) is 11.6 Å². The summed E-state index contributed by atoms with van der Waals surface area (Å²) in [4.78, 5) is 9.22. The number of aryl methyl sites for hydroxylation is 3. The summed E-state index contributed by atoms with van der Waals surface area (Å²) in [7, 11) is -3.32. The Bertz CT molecular complexity index is 1040. The van der Waals surface area contributed by atoms with Gasteiger partial charge in [0.15, 0.2) is 0 Å². The van der Waals surface area contributed by atoms with Gasteiger partial charge in [-0.1, -0.05) is 13.0 Å². The molecule has 6 heteroatoms. The number of hydrogen-bond donors (Lipinski definition) is 1. The maximum Gasteiger partial charge on any atom is 0.229 e. The first kappa shape index (κ1) is 17.4. The number of hydrogen-bond acceptors (Lipinski definition) is 4. The topological polar surface area (TPSA) is 72.0 Å². The summed E-state index contributed by atoms with van der Waals surface area (Å²) < 4.78 is 25.6. The molecular weight excluding hydrogens is 334 g/mol. The van der Waals surface area contributed by atoms with E-state index in [1.807, 2.05) is 44.3 Å². The smallest absolute Gasteiger partial charge is 0.229 e. The van der Waals surface area contributed by atoms with E-state index in [1.165, 1.54) is 5.56 Å². The Hall–Kier alpha value is -2.47. The molecule has 0 radical (unpaired) electrons. The summed E-state index contributed by atoms with van der Waals surface area (Å²) in [6.07, 6.45) is 3.98. The summed E-state index contributed by atoms with van der Waals surface area (Å²) in [5.74, 6) is 0. The van der Waals surface area contributed by atoms with Crippen LogP contribution in [0.5, 0.6) is 0 Å². The second-order valence-corrected chi connectivity index (χ2v) is 8.04. The van der Waals surface area contributed by atoms with Crippen LogP contribution in [0.3, 0.4) is 0 Å². The maximum atomic E-state index is 11.5. The minimum absolute atomic E-state index is 0.582. The van der Waals surface area contributed by atoms with Gasteiger partial charge in [-0.3, -0.25) is 9.71 Å². The van der Waals surface area contributed by atoms with Gasteiger partial charge in [-0.25, -0.2) is 13.4 Å². The van der Waals surface area contributed by atoms with Crippen molar-refractivity contribution < 1.29 is 8.42 Å². The number of aromatic nitrogens is 2. The molecule has 0 saturated carbocycles. The standard InChI is InChI=1S/C19H21N3O2S/c1-5-14-6-7-16(20-11-14)19-8-12(2)15-10-17(22-25(4,23)24)13(3)9-18(15)21-19/h6-11,22H,5H2,1-4H3. The first-order valence-corrected chi connectivity index (χ1v) is 10.0. The summed E-state index contributed by atoms with van der Waals surface area (Å²) in [6, 6.07) is 9.77. The average Bonchev–Trinajstić information content (AvgIpc) is 2.55. The first-order chi connectivity index (χ1) is 11.8. The van der Waals surface area contributed by atoms with E-state index in [2.05, 4.69) is 22.7 Å². The molecule has 2 aromatic heterocycles. The Labute approximate surface area is 148 Å². The van der Waals surface area contributed by atoms with E-state index in [9.17, 15) is 8.42 Å². The van der Waals surface area contributed by atoms with Crippen molar-refractivity contribution in [1.82, 2.24) is 9.97 Å². The highest BCUT2D eigenvalue weighted by Crippen LogP contribution is 2.28. The third kappa shape index (κ3) is 3.79. The monoisotopic (exact) mass is 355 g/mol. The molecule has 0 aliphatic heterocycles. The molecule has 2 heterocycles. The number of nitrogens with zero attached hydrogens (tertiary/aromatic N) is 2. The molecule has 0 spiro atoms. The van der Waals surface area contributed by atoms with Gasteiger partial charge in [0.1, 0.15) is 0 Å². The third-order valence-electron chi connectivity index (χ3n) is 4.15. The maximum absolute atomic E-state index is 11.5. The van der Waals surface area contributed by atoms with E-state index in [-0.39, 0.29) is 0 Å². The fourth-order valence-corrected chi connectivity index (χ4v) is 3.39. The number of sulfonamides is 1. The van der Waals surface area contributed by atoms with Gasteiger partial charge >= 0.3 is 0 Å². The Balaban J connectivity index is 2.11. The van der Waals surface area contributed by atoms with Crippen molar-refractivity contribution in [2.24, 2.45) is 0 Å². The van der Waals surface area contributed by atoms with Gasteiger partial charge in [0.2, 0.25) is 10.0 Å². The Kier molecular flexibility index (Phi) is 4.47. The van der Waals surface area contributed by atoms with Crippen LogP contribution >= 0.6 is 0 Å². The van der Waals surface area contributed by atoms with Crippen LogP contribution in [0.1, 0.15) is 23.6 Å². The van der Waals surface area contributed by atoms with E-state index in [1.54, 1.807) is 0 Å². The van der Waals surface area contributed by atoms with E-state index in [0.29, 0.717) is 5.69 Å². The zero-order chi connectivity index (χ0) is 18.2. The first-order valence-electron chi connectivity index (χ1n) is 8.12. The van der Waals surface area contributed by atoms with Crippen molar-refractivity contribution in [3.63, 3.8) is 0 Å². The molecule has 25 heavy (non-hydrogen) atoms. The predicted molar refractivity (Wildman–Crippen MR) is 102 cm³/mol. The van der Waals surface area contributed by atoms with Crippen molar-refractivity contribution in [2.45, 2.75) is 27.2 Å². The predicted octanol–water partition coefficient (Wildman–Crippen LogP) is 3.85. The molecular formula is C19H21N3O2S. The number of nitrogens with one attached hydrogen (secondary N) is 1. The van der Waals surface area contributed by atoms with E-state index >= 15 is 0 Å². The molecule has 0 aliphatic rings. The van der Waals surface area contributed by atoms with Crippen LogP contribution in [0, 0.1) is 13.8 Å². The van der Waals surface area contributed by atoms with Crippen molar-refractivity contribution in [1.29, 1.82) is 0 Å². The minimum Gasteiger partial charge on any atom is -0.283 e. The van der Waals surface area contributed by atoms with Crippen LogP contribution in [-0.4, -0.2) is 24.6 Å². The molecule has 0 unspecified atom stereocenters. The number of rotatable bonds is 4. The van der Waals surface area contributed by atoms with Crippen molar-refractivity contribution >= 4 is 26.6 Å². The lowest BCUT2D eigenvalue weighted by atomic mass is 10.0. The molecule has 130 valence electrons. The fraction of sp³-hybridized carbons (Fsp3) is 0.263. The zero-order valence-electron chi connectivity index (χ0n) is 14.8. The highest BCUT2D eigenvalue weighted by atomic mass is 32.2. The molecule has 5 nitrogen and oxygen atoms in total. The zero-order valence-corrected chi connectivity index (χ0v) is 15.6. The van der Waals surface area contributed by atoms with Crippen molar-refractivity contribution in [3.8, 4) is 11.4 Å². The number of fused-ring (bicyclic) bond motifs is 1. The Morgan fingerprint density at radius 1 is 1.04 bits per heavy atom. The highest BCUT2D eigenvalue weighted by Gasteiger charge is 2.11. The number of benzene rings is 1. The molecule has 1 N–H and O–H groups in total. The summed E-state index contributed by atoms with van der Waals surface area (Å²) in [5, 5.41) is 0.922. The normalized spacial score (nSPS) is 11.7. The van der Waals surface area contributed by atoms with Crippen LogP contribution in [0.25, 0.3) is 22.3 Å². The van der Waals surface area contributed by atoms with E-state index < -0.39 is 10.0 Å².